The fourth-order valence-electron chi connectivity index (χ4n) is 3.43. The van der Waals surface area contributed by atoms with Crippen molar-refractivity contribution in [2.45, 2.75) is 40.4 Å². The number of rotatable bonds is 6. The first-order chi connectivity index (χ1) is 18.8. The van der Waals surface area contributed by atoms with Crippen molar-refractivity contribution < 1.29 is 52.2 Å². The van der Waals surface area contributed by atoms with E-state index in [1.807, 2.05) is 39.0 Å². The summed E-state index contributed by atoms with van der Waals surface area (Å²) < 4.78 is 59.2. The molecule has 0 aliphatic carbocycles. The molecule has 0 bridgehead atoms. The summed E-state index contributed by atoms with van der Waals surface area (Å²) in [5.74, 6) is -0.917. The number of aromatic nitrogens is 3. The first-order valence-electron chi connectivity index (χ1n) is 12.2. The third-order valence-corrected chi connectivity index (χ3v) is 4.96. The first-order valence-corrected chi connectivity index (χ1v) is 14.2. The van der Waals surface area contributed by atoms with E-state index in [1.54, 1.807) is 18.2 Å². The second-order valence-electron chi connectivity index (χ2n) is 9.05. The topological polar surface area (TPSA) is 88.0 Å². The van der Waals surface area contributed by atoms with Gasteiger partial charge in [0.25, 0.3) is 0 Å². The van der Waals surface area contributed by atoms with Gasteiger partial charge >= 0.3 is 49.8 Å². The summed E-state index contributed by atoms with van der Waals surface area (Å²) in [7, 11) is -10.7. The molecule has 0 atom stereocenters. The Bertz CT molecular complexity index is 1310. The predicted molar refractivity (Wildman–Crippen MR) is 143 cm³/mol. The Labute approximate surface area is 250 Å². The molecular formula is C28H29CoF6N4O2P+. The second-order valence-corrected chi connectivity index (χ2v) is 11.0. The molecule has 0 N–H and O–H groups in total. The Kier molecular flexibility index (Phi) is 12.8. The predicted octanol–water partition coefficient (Wildman–Crippen LogP) is 7.49. The molecule has 42 heavy (non-hydrogen) atoms. The minimum absolute atomic E-state index is 0. The van der Waals surface area contributed by atoms with Crippen molar-refractivity contribution in [3.05, 3.63) is 119 Å². The number of halogens is 6. The van der Waals surface area contributed by atoms with Crippen LogP contribution >= 0.6 is 7.81 Å². The summed E-state index contributed by atoms with van der Waals surface area (Å²) in [5, 5.41) is 21.0. The van der Waals surface area contributed by atoms with Gasteiger partial charge in [-0.1, -0.05) is 18.2 Å². The number of nitrogens with zero attached hydrogens (tertiary/aromatic N) is 4. The van der Waals surface area contributed by atoms with Crippen LogP contribution in [-0.4, -0.2) is 19.9 Å². The SMILES string of the molecule is Cc1cccc(CN(Cc2cccc(C)n2)Cc2cccc(C)n2)n1.F[P-](F)(F)(F)(F)F.[Co+3].[O-]c1ccccc[c+]1[O-]. The van der Waals surface area contributed by atoms with E-state index in [4.69, 9.17) is 0 Å². The molecule has 0 aliphatic rings. The van der Waals surface area contributed by atoms with Crippen molar-refractivity contribution in [3.63, 3.8) is 0 Å². The van der Waals surface area contributed by atoms with E-state index in [0.29, 0.717) is 0 Å². The number of aryl methyl sites for hydroxylation is 3. The van der Waals surface area contributed by atoms with Crippen LogP contribution < -0.4 is 10.2 Å². The third-order valence-electron chi connectivity index (χ3n) is 4.96. The Morgan fingerprint density at radius 2 is 0.976 bits per heavy atom. The molecule has 1 aromatic carbocycles. The normalized spacial score (nSPS) is 12.3. The van der Waals surface area contributed by atoms with Crippen LogP contribution in [0.2, 0.25) is 0 Å². The molecule has 0 spiro atoms. The van der Waals surface area contributed by atoms with Crippen LogP contribution in [0.3, 0.4) is 0 Å². The van der Waals surface area contributed by atoms with E-state index in [9.17, 15) is 35.4 Å². The van der Waals surface area contributed by atoms with Gasteiger partial charge in [-0.2, -0.15) is 0 Å². The molecule has 0 saturated heterocycles. The van der Waals surface area contributed by atoms with Crippen molar-refractivity contribution in [1.82, 2.24) is 19.9 Å². The zero-order valence-electron chi connectivity index (χ0n) is 22.9. The van der Waals surface area contributed by atoms with Crippen molar-refractivity contribution in [1.29, 1.82) is 0 Å². The van der Waals surface area contributed by atoms with E-state index in [-0.39, 0.29) is 16.8 Å². The Balaban J connectivity index is 0.000000427. The standard InChI is InChI=1S/C21H24N4.C7H6O2.Co.F6P/c1-16-7-4-10-19(22-16)13-25(14-20-11-5-8-17(2)23-20)15-21-12-6-9-18(3)24-21;8-6-4-2-1-3-5-7(6)9;;1-7(2,3,4,5)6/h4-12H,13-15H2,1-3H3;1-5,8H;;/q;;+3;-1/p-1. The van der Waals surface area contributed by atoms with E-state index in [0.717, 1.165) is 53.8 Å². The average Bonchev–Trinajstić information content (AvgIpc) is 3.01. The van der Waals surface area contributed by atoms with Crippen LogP contribution in [-0.2, 0) is 36.4 Å². The Hall–Kier alpha value is -3.38. The van der Waals surface area contributed by atoms with Gasteiger partial charge in [-0.3, -0.25) is 19.9 Å². The summed E-state index contributed by atoms with van der Waals surface area (Å²) in [4.78, 5) is 16.3. The molecule has 228 valence electrons. The largest absolute Gasteiger partial charge is 3.00 e. The van der Waals surface area contributed by atoms with Gasteiger partial charge in [0.2, 0.25) is 0 Å². The van der Waals surface area contributed by atoms with Crippen LogP contribution in [0.15, 0.2) is 84.9 Å². The number of hydrogen-bond donors (Lipinski definition) is 0. The van der Waals surface area contributed by atoms with Gasteiger partial charge < -0.3 is 10.2 Å². The molecule has 0 unspecified atom stereocenters. The Morgan fingerprint density at radius 3 is 1.31 bits per heavy atom. The average molecular weight is 657 g/mol. The van der Waals surface area contributed by atoms with Gasteiger partial charge in [0, 0.05) is 78.5 Å². The van der Waals surface area contributed by atoms with Gasteiger partial charge in [-0.05, 0) is 57.2 Å². The van der Waals surface area contributed by atoms with Crippen LogP contribution in [0, 0.1) is 20.8 Å². The molecule has 4 rings (SSSR count). The molecule has 0 aliphatic heterocycles. The second kappa shape index (κ2) is 14.7. The summed E-state index contributed by atoms with van der Waals surface area (Å²) >= 11 is 0. The van der Waals surface area contributed by atoms with Crippen LogP contribution in [0.1, 0.15) is 34.2 Å². The molecular weight excluding hydrogens is 628 g/mol. The molecule has 4 aromatic rings. The van der Waals surface area contributed by atoms with Gasteiger partial charge in [-0.15, -0.1) is 0 Å². The minimum Gasteiger partial charge on any atom is -0.852 e. The minimum atomic E-state index is -10.7. The smallest absolute Gasteiger partial charge is 0.852 e. The summed E-state index contributed by atoms with van der Waals surface area (Å²) in [6.07, 6.45) is 0. The zero-order chi connectivity index (χ0) is 30.7. The summed E-state index contributed by atoms with van der Waals surface area (Å²) in [5.41, 5.74) is 6.33. The monoisotopic (exact) mass is 657 g/mol. The molecule has 14 heteroatoms. The molecule has 3 aromatic heterocycles. The zero-order valence-corrected chi connectivity index (χ0v) is 24.8. The van der Waals surface area contributed by atoms with Crippen molar-refractivity contribution >= 4 is 7.81 Å². The maximum absolute atomic E-state index is 10.7. The number of pyridine rings is 3. The molecule has 3 heterocycles. The van der Waals surface area contributed by atoms with E-state index in [2.05, 4.69) is 56.3 Å². The van der Waals surface area contributed by atoms with Crippen molar-refractivity contribution in [3.8, 4) is 11.5 Å². The molecule has 6 nitrogen and oxygen atoms in total. The molecule has 0 radical (unpaired) electrons. The molecule has 0 saturated carbocycles. The first kappa shape index (κ1) is 36.6. The van der Waals surface area contributed by atoms with Gasteiger partial charge in [0.15, 0.2) is 0 Å². The number of hydrogen-bond acceptors (Lipinski definition) is 6. The molecule has 0 amide bonds. The van der Waals surface area contributed by atoms with Crippen molar-refractivity contribution in [2.75, 3.05) is 0 Å². The maximum atomic E-state index is 10.5. The van der Waals surface area contributed by atoms with Crippen LogP contribution in [0.4, 0.5) is 25.2 Å². The summed E-state index contributed by atoms with van der Waals surface area (Å²) in [6, 6.07) is 25.7. The van der Waals surface area contributed by atoms with Gasteiger partial charge in [0.05, 0.1) is 17.1 Å². The fraction of sp³-hybridized carbons (Fsp3) is 0.214. The van der Waals surface area contributed by atoms with Crippen LogP contribution in [0.25, 0.3) is 0 Å². The Morgan fingerprint density at radius 1 is 0.619 bits per heavy atom. The van der Waals surface area contributed by atoms with E-state index >= 15 is 0 Å². The quantitative estimate of drug-likeness (QED) is 0.121. The summed E-state index contributed by atoms with van der Waals surface area (Å²) in [6.45, 7) is 8.39. The van der Waals surface area contributed by atoms with E-state index in [1.165, 1.54) is 12.1 Å². The van der Waals surface area contributed by atoms with Crippen molar-refractivity contribution in [2.24, 2.45) is 0 Å². The van der Waals surface area contributed by atoms with Gasteiger partial charge in [0.1, 0.15) is 0 Å². The third kappa shape index (κ3) is 18.1. The van der Waals surface area contributed by atoms with E-state index < -0.39 is 19.3 Å². The molecule has 0 fully saturated rings. The van der Waals surface area contributed by atoms with Gasteiger partial charge in [-0.25, -0.2) is 0 Å². The maximum Gasteiger partial charge on any atom is 3.00 e. The van der Waals surface area contributed by atoms with Crippen LogP contribution in [0.5, 0.6) is 11.5 Å². The fourth-order valence-corrected chi connectivity index (χ4v) is 3.43.